The molecule has 2 aromatic heterocycles. The number of H-pyrrole nitrogens is 1. The van der Waals surface area contributed by atoms with Crippen LogP contribution in [-0.4, -0.2) is 36.8 Å². The number of aromatic nitrogens is 5. The number of hydrogen-bond acceptors (Lipinski definition) is 6. The van der Waals surface area contributed by atoms with E-state index in [-0.39, 0.29) is 11.9 Å². The van der Waals surface area contributed by atoms with E-state index in [0.29, 0.717) is 22.8 Å². The molecular weight excluding hydrogens is 342 g/mol. The highest BCUT2D eigenvalue weighted by atomic mass is 16.5. The van der Waals surface area contributed by atoms with Gasteiger partial charge in [-0.1, -0.05) is 24.1 Å². The van der Waals surface area contributed by atoms with Crippen molar-refractivity contribution in [3.63, 3.8) is 0 Å². The van der Waals surface area contributed by atoms with Gasteiger partial charge < -0.3 is 9.84 Å². The number of aromatic amines is 1. The number of phenolic OH excluding ortho intramolecular Hbond substituents is 1. The molecule has 0 aliphatic heterocycles. The summed E-state index contributed by atoms with van der Waals surface area (Å²) in [4.78, 5) is 0. The minimum atomic E-state index is 0.127. The van der Waals surface area contributed by atoms with Crippen LogP contribution in [-0.2, 0) is 0 Å². The Morgan fingerprint density at radius 3 is 2.44 bits per heavy atom. The fourth-order valence-corrected chi connectivity index (χ4v) is 4.49. The summed E-state index contributed by atoms with van der Waals surface area (Å²) in [6.07, 6.45) is 8.25. The van der Waals surface area contributed by atoms with Gasteiger partial charge in [-0.15, -0.1) is 15.3 Å². The molecule has 0 amide bonds. The highest BCUT2D eigenvalue weighted by molar-refractivity contribution is 5.72. The third-order valence-electron chi connectivity index (χ3n) is 5.76. The van der Waals surface area contributed by atoms with E-state index >= 15 is 0 Å². The van der Waals surface area contributed by atoms with Crippen LogP contribution in [0.25, 0.3) is 22.5 Å². The van der Waals surface area contributed by atoms with E-state index in [1.807, 2.05) is 24.3 Å². The zero-order valence-corrected chi connectivity index (χ0v) is 14.9. The monoisotopic (exact) mass is 363 g/mol. The topological polar surface area (TPSA) is 96.8 Å². The van der Waals surface area contributed by atoms with Crippen LogP contribution < -0.4 is 4.74 Å². The van der Waals surface area contributed by atoms with Gasteiger partial charge in [-0.05, 0) is 49.3 Å². The Hall–Kier alpha value is -2.96. The van der Waals surface area contributed by atoms with Crippen LogP contribution in [0.5, 0.6) is 11.6 Å². The van der Waals surface area contributed by atoms with Crippen molar-refractivity contribution in [2.24, 2.45) is 11.8 Å². The van der Waals surface area contributed by atoms with Crippen molar-refractivity contribution >= 4 is 0 Å². The fourth-order valence-electron chi connectivity index (χ4n) is 4.49. The quantitative estimate of drug-likeness (QED) is 0.735. The lowest BCUT2D eigenvalue weighted by atomic mass is 9.87. The molecule has 2 fully saturated rings. The number of benzene rings is 1. The van der Waals surface area contributed by atoms with Gasteiger partial charge in [0.15, 0.2) is 0 Å². The van der Waals surface area contributed by atoms with Gasteiger partial charge in [0.2, 0.25) is 5.88 Å². The summed E-state index contributed by atoms with van der Waals surface area (Å²) in [7, 11) is 0. The number of rotatable bonds is 4. The predicted molar refractivity (Wildman–Crippen MR) is 99.0 cm³/mol. The number of nitrogens with zero attached hydrogens (tertiary/aromatic N) is 4. The van der Waals surface area contributed by atoms with Gasteiger partial charge in [0.25, 0.3) is 0 Å². The third-order valence-corrected chi connectivity index (χ3v) is 5.76. The van der Waals surface area contributed by atoms with Crippen LogP contribution in [0.2, 0.25) is 0 Å². The molecular formula is C20H21N5O2. The van der Waals surface area contributed by atoms with Gasteiger partial charge in [0, 0.05) is 23.4 Å². The van der Waals surface area contributed by atoms with Gasteiger partial charge in [-0.25, -0.2) is 0 Å². The third kappa shape index (κ3) is 3.25. The maximum Gasteiger partial charge on any atom is 0.233 e. The second-order valence-electron chi connectivity index (χ2n) is 7.60. The van der Waals surface area contributed by atoms with Crippen LogP contribution >= 0.6 is 0 Å². The molecule has 0 spiro atoms. The van der Waals surface area contributed by atoms with Crippen LogP contribution in [0.1, 0.15) is 32.1 Å². The van der Waals surface area contributed by atoms with E-state index < -0.39 is 0 Å². The van der Waals surface area contributed by atoms with Crippen molar-refractivity contribution in [1.29, 1.82) is 0 Å². The molecule has 2 heterocycles. The second-order valence-corrected chi connectivity index (χ2v) is 7.60. The van der Waals surface area contributed by atoms with E-state index in [4.69, 9.17) is 4.74 Å². The first kappa shape index (κ1) is 16.2. The van der Waals surface area contributed by atoms with Gasteiger partial charge in [0.05, 0.1) is 5.69 Å². The molecule has 2 aliphatic rings. The van der Waals surface area contributed by atoms with Crippen molar-refractivity contribution in [2.75, 3.05) is 0 Å². The van der Waals surface area contributed by atoms with E-state index in [1.54, 1.807) is 12.3 Å². The molecule has 3 atom stereocenters. The molecule has 138 valence electrons. The van der Waals surface area contributed by atoms with Crippen molar-refractivity contribution in [3.05, 3.63) is 36.5 Å². The largest absolute Gasteiger partial charge is 0.507 e. The average Bonchev–Trinajstić information content (AvgIpc) is 3.32. The Balaban J connectivity index is 1.31. The Labute approximate surface area is 156 Å². The Kier molecular flexibility index (Phi) is 3.99. The highest BCUT2D eigenvalue weighted by Gasteiger charge is 2.35. The van der Waals surface area contributed by atoms with Gasteiger partial charge in [-0.2, -0.15) is 0 Å². The number of phenols is 1. The van der Waals surface area contributed by atoms with Gasteiger partial charge in [-0.3, -0.25) is 5.10 Å². The summed E-state index contributed by atoms with van der Waals surface area (Å²) < 4.78 is 6.07. The molecule has 2 N–H and O–H groups in total. The van der Waals surface area contributed by atoms with E-state index in [1.165, 1.54) is 19.3 Å². The molecule has 2 aliphatic carbocycles. The standard InChI is InChI=1S/C20H21N5O2/c26-19-10-14(18-11-21-25-23-18)3-4-16(19)17-5-6-20(24-22-17)27-15-8-12-1-2-13(7-12)9-15/h3-6,10-13,15,26H,1-2,7-9H2,(H,21,23,25)/t12-,13?,15+/m0/s1. The van der Waals surface area contributed by atoms with Crippen molar-refractivity contribution in [2.45, 2.75) is 38.2 Å². The Morgan fingerprint density at radius 1 is 0.926 bits per heavy atom. The lowest BCUT2D eigenvalue weighted by molar-refractivity contribution is 0.113. The molecule has 7 heteroatoms. The lowest BCUT2D eigenvalue weighted by Gasteiger charge is -2.27. The first-order valence-electron chi connectivity index (χ1n) is 9.45. The fraction of sp³-hybridized carbons (Fsp3) is 0.400. The smallest absolute Gasteiger partial charge is 0.233 e. The zero-order valence-electron chi connectivity index (χ0n) is 14.9. The van der Waals surface area contributed by atoms with Crippen LogP contribution in [0.4, 0.5) is 0 Å². The highest BCUT2D eigenvalue weighted by Crippen LogP contribution is 2.43. The average molecular weight is 363 g/mol. The maximum absolute atomic E-state index is 10.4. The van der Waals surface area contributed by atoms with Crippen molar-refractivity contribution in [1.82, 2.24) is 25.6 Å². The Bertz CT molecular complexity index is 914. The molecule has 7 nitrogen and oxygen atoms in total. The molecule has 1 aromatic carbocycles. The van der Waals surface area contributed by atoms with Gasteiger partial charge in [0.1, 0.15) is 17.5 Å². The SMILES string of the molecule is Oc1cc(-c2c[nH]nn2)ccc1-c1ccc(O[C@H]2CC3CC[C@@H](C3)C2)nn1. The molecule has 2 saturated carbocycles. The molecule has 2 bridgehead atoms. The van der Waals surface area contributed by atoms with Crippen LogP contribution in [0.15, 0.2) is 36.5 Å². The summed E-state index contributed by atoms with van der Waals surface area (Å²) in [6, 6.07) is 9.00. The summed E-state index contributed by atoms with van der Waals surface area (Å²) >= 11 is 0. The summed E-state index contributed by atoms with van der Waals surface area (Å²) in [5.41, 5.74) is 2.69. The second kappa shape index (κ2) is 6.64. The lowest BCUT2D eigenvalue weighted by Crippen LogP contribution is -2.26. The van der Waals surface area contributed by atoms with Crippen molar-refractivity contribution in [3.8, 4) is 34.1 Å². The molecule has 5 rings (SSSR count). The van der Waals surface area contributed by atoms with E-state index in [0.717, 1.165) is 30.2 Å². The number of hydrogen-bond donors (Lipinski definition) is 2. The van der Waals surface area contributed by atoms with E-state index in [9.17, 15) is 5.11 Å². The van der Waals surface area contributed by atoms with E-state index in [2.05, 4.69) is 25.6 Å². The number of fused-ring (bicyclic) bond motifs is 2. The number of nitrogens with one attached hydrogen (secondary N) is 1. The Morgan fingerprint density at radius 2 is 1.78 bits per heavy atom. The first-order chi connectivity index (χ1) is 13.2. The summed E-state index contributed by atoms with van der Waals surface area (Å²) in [6.45, 7) is 0. The van der Waals surface area contributed by atoms with Crippen LogP contribution in [0.3, 0.4) is 0 Å². The van der Waals surface area contributed by atoms with Crippen molar-refractivity contribution < 1.29 is 9.84 Å². The number of aromatic hydroxyl groups is 1. The molecule has 0 saturated heterocycles. The maximum atomic E-state index is 10.4. The molecule has 1 unspecified atom stereocenters. The zero-order chi connectivity index (χ0) is 18.2. The van der Waals surface area contributed by atoms with Crippen LogP contribution in [0, 0.1) is 11.8 Å². The normalized spacial score (nSPS) is 24.1. The molecule has 3 aromatic rings. The summed E-state index contributed by atoms with van der Waals surface area (Å²) in [5, 5.41) is 29.2. The summed E-state index contributed by atoms with van der Waals surface area (Å²) in [5.74, 6) is 2.33. The predicted octanol–water partition coefficient (Wildman–Crippen LogP) is 3.59. The number of ether oxygens (including phenoxy) is 1. The minimum absolute atomic E-state index is 0.127. The first-order valence-corrected chi connectivity index (χ1v) is 9.45. The van der Waals surface area contributed by atoms with Gasteiger partial charge >= 0.3 is 0 Å². The molecule has 27 heavy (non-hydrogen) atoms. The minimum Gasteiger partial charge on any atom is -0.507 e. The molecule has 0 radical (unpaired) electrons.